The Kier molecular flexibility index (Phi) is 9.82. The predicted octanol–water partition coefficient (Wildman–Crippen LogP) is 3.16. The van der Waals surface area contributed by atoms with Crippen molar-refractivity contribution in [3.63, 3.8) is 0 Å². The summed E-state index contributed by atoms with van der Waals surface area (Å²) in [5.41, 5.74) is 1.20. The third kappa shape index (κ3) is 5.81. The van der Waals surface area contributed by atoms with E-state index in [1.54, 1.807) is 76.6 Å². The van der Waals surface area contributed by atoms with Gasteiger partial charge in [0, 0.05) is 11.4 Å². The van der Waals surface area contributed by atoms with Crippen LogP contribution in [0.4, 0.5) is 11.4 Å². The SMILES string of the molecule is CCOC(=O)C1C(Cl)C(=O)N1c1ccc(OC)cc1.CCOC(=O)C1C(Cl)C(=O)N1c1ccc(OC)cc1. The molecular weight excluding hydrogens is 539 g/mol. The van der Waals surface area contributed by atoms with Gasteiger partial charge in [0.15, 0.2) is 12.1 Å². The fraction of sp³-hybridized carbons (Fsp3) is 0.385. The second kappa shape index (κ2) is 12.8. The molecule has 0 spiro atoms. The Morgan fingerprint density at radius 1 is 0.684 bits per heavy atom. The minimum atomic E-state index is -0.860. The van der Waals surface area contributed by atoms with Gasteiger partial charge in [-0.1, -0.05) is 0 Å². The topological polar surface area (TPSA) is 112 Å². The molecule has 0 aliphatic carbocycles. The van der Waals surface area contributed by atoms with E-state index < -0.39 is 34.8 Å². The van der Waals surface area contributed by atoms with Gasteiger partial charge in [0.1, 0.15) is 22.3 Å². The predicted molar refractivity (Wildman–Crippen MR) is 141 cm³/mol. The molecule has 4 rings (SSSR count). The minimum Gasteiger partial charge on any atom is -0.497 e. The molecular formula is C26H28Cl2N2O8. The molecule has 0 radical (unpaired) electrons. The molecule has 2 amide bonds. The van der Waals surface area contributed by atoms with Gasteiger partial charge in [0.2, 0.25) is 11.8 Å². The molecule has 2 aromatic rings. The zero-order chi connectivity index (χ0) is 28.0. The van der Waals surface area contributed by atoms with Crippen molar-refractivity contribution in [2.45, 2.75) is 36.7 Å². The van der Waals surface area contributed by atoms with Gasteiger partial charge in [-0.25, -0.2) is 9.59 Å². The summed E-state index contributed by atoms with van der Waals surface area (Å²) in [6, 6.07) is 12.1. The van der Waals surface area contributed by atoms with E-state index in [2.05, 4.69) is 0 Å². The van der Waals surface area contributed by atoms with Gasteiger partial charge < -0.3 is 18.9 Å². The van der Waals surface area contributed by atoms with Crippen LogP contribution in [0.2, 0.25) is 0 Å². The number of halogens is 2. The van der Waals surface area contributed by atoms with Crippen molar-refractivity contribution in [1.29, 1.82) is 0 Å². The molecule has 2 aliphatic heterocycles. The number of rotatable bonds is 8. The minimum absolute atomic E-state index is 0.254. The summed E-state index contributed by atoms with van der Waals surface area (Å²) < 4.78 is 19.9. The average molecular weight is 567 g/mol. The number of amides is 2. The Balaban J connectivity index is 0.000000211. The molecule has 2 saturated heterocycles. The maximum atomic E-state index is 11.8. The Morgan fingerprint density at radius 2 is 1.00 bits per heavy atom. The molecule has 204 valence electrons. The first-order valence-electron chi connectivity index (χ1n) is 11.8. The first kappa shape index (κ1) is 29.1. The molecule has 4 unspecified atom stereocenters. The lowest BCUT2D eigenvalue weighted by molar-refractivity contribution is -0.150. The number of carbonyl (C=O) groups excluding carboxylic acids is 4. The van der Waals surface area contributed by atoms with Gasteiger partial charge in [-0.05, 0) is 62.4 Å². The van der Waals surface area contributed by atoms with Crippen molar-refractivity contribution < 1.29 is 38.1 Å². The van der Waals surface area contributed by atoms with E-state index in [4.69, 9.17) is 42.1 Å². The van der Waals surface area contributed by atoms with Crippen molar-refractivity contribution in [1.82, 2.24) is 0 Å². The molecule has 0 aromatic heterocycles. The number of β-lactam (4-membered cyclic amide) rings is 2. The van der Waals surface area contributed by atoms with Gasteiger partial charge in [-0.2, -0.15) is 0 Å². The van der Waals surface area contributed by atoms with Crippen molar-refractivity contribution in [2.75, 3.05) is 37.2 Å². The Bertz CT molecular complexity index is 1070. The van der Waals surface area contributed by atoms with Gasteiger partial charge >= 0.3 is 11.9 Å². The molecule has 0 bridgehead atoms. The highest BCUT2D eigenvalue weighted by Gasteiger charge is 2.53. The lowest BCUT2D eigenvalue weighted by Crippen LogP contribution is -2.66. The Hall–Kier alpha value is -3.50. The maximum Gasteiger partial charge on any atom is 0.331 e. The number of hydrogen-bond donors (Lipinski definition) is 0. The summed E-state index contributed by atoms with van der Waals surface area (Å²) >= 11 is 11.8. The van der Waals surface area contributed by atoms with E-state index in [0.717, 1.165) is 0 Å². The summed E-state index contributed by atoms with van der Waals surface area (Å²) in [4.78, 5) is 49.8. The van der Waals surface area contributed by atoms with Crippen molar-refractivity contribution in [2.24, 2.45) is 0 Å². The fourth-order valence-electron chi connectivity index (χ4n) is 3.87. The van der Waals surface area contributed by atoms with Crippen LogP contribution in [0, 0.1) is 0 Å². The number of alkyl halides is 2. The monoisotopic (exact) mass is 566 g/mol. The highest BCUT2D eigenvalue weighted by atomic mass is 35.5. The van der Waals surface area contributed by atoms with E-state index in [9.17, 15) is 19.2 Å². The van der Waals surface area contributed by atoms with Crippen molar-refractivity contribution in [3.8, 4) is 11.5 Å². The van der Waals surface area contributed by atoms with Crippen LogP contribution in [-0.4, -0.2) is 74.0 Å². The van der Waals surface area contributed by atoms with Gasteiger partial charge in [-0.3, -0.25) is 19.4 Å². The smallest absolute Gasteiger partial charge is 0.331 e. The van der Waals surface area contributed by atoms with E-state index in [0.29, 0.717) is 22.9 Å². The number of carbonyl (C=O) groups is 4. The third-order valence-electron chi connectivity index (χ3n) is 5.81. The van der Waals surface area contributed by atoms with E-state index in [1.165, 1.54) is 9.80 Å². The molecule has 2 aromatic carbocycles. The Labute approximate surface area is 230 Å². The summed E-state index contributed by atoms with van der Waals surface area (Å²) in [7, 11) is 3.11. The molecule has 2 aliphatic rings. The second-order valence-corrected chi connectivity index (χ2v) is 8.95. The first-order valence-corrected chi connectivity index (χ1v) is 12.6. The molecule has 2 fully saturated rings. The highest BCUT2D eigenvalue weighted by molar-refractivity contribution is 6.40. The Morgan fingerprint density at radius 3 is 1.26 bits per heavy atom. The third-order valence-corrected chi connectivity index (χ3v) is 6.67. The van der Waals surface area contributed by atoms with Crippen LogP contribution in [0.25, 0.3) is 0 Å². The molecule has 12 heteroatoms. The first-order chi connectivity index (χ1) is 18.2. The van der Waals surface area contributed by atoms with Crippen LogP contribution in [-0.2, 0) is 28.7 Å². The molecule has 0 N–H and O–H groups in total. The van der Waals surface area contributed by atoms with Gasteiger partial charge in [-0.15, -0.1) is 23.2 Å². The van der Waals surface area contributed by atoms with E-state index >= 15 is 0 Å². The number of esters is 2. The summed E-state index contributed by atoms with van der Waals surface area (Å²) in [6.07, 6.45) is 0. The largest absolute Gasteiger partial charge is 0.497 e. The second-order valence-electron chi connectivity index (χ2n) is 8.01. The van der Waals surface area contributed by atoms with Gasteiger partial charge in [0.25, 0.3) is 0 Å². The van der Waals surface area contributed by atoms with Crippen molar-refractivity contribution >= 4 is 58.3 Å². The maximum absolute atomic E-state index is 11.8. The summed E-state index contributed by atoms with van der Waals surface area (Å²) in [6.45, 7) is 3.92. The lowest BCUT2D eigenvalue weighted by atomic mass is 10.00. The van der Waals surface area contributed by atoms with E-state index in [1.807, 2.05) is 0 Å². The summed E-state index contributed by atoms with van der Waals surface area (Å²) in [5, 5.41) is -1.72. The van der Waals surface area contributed by atoms with Crippen LogP contribution >= 0.6 is 23.2 Å². The molecule has 4 atom stereocenters. The van der Waals surface area contributed by atoms with Crippen molar-refractivity contribution in [3.05, 3.63) is 48.5 Å². The highest BCUT2D eigenvalue weighted by Crippen LogP contribution is 2.34. The molecule has 2 heterocycles. The number of hydrogen-bond acceptors (Lipinski definition) is 8. The van der Waals surface area contributed by atoms with Crippen LogP contribution in [0.15, 0.2) is 48.5 Å². The standard InChI is InChI=1S/2C13H14ClNO4/c2*1-3-19-13(17)11-10(14)12(16)15(11)8-4-6-9(18-2)7-5-8/h2*4-7,10-11H,3H2,1-2H3. The number of anilines is 2. The van der Waals surface area contributed by atoms with Gasteiger partial charge in [0.05, 0.1) is 27.4 Å². The number of benzene rings is 2. The molecule has 38 heavy (non-hydrogen) atoms. The zero-order valence-corrected chi connectivity index (χ0v) is 22.8. The lowest BCUT2D eigenvalue weighted by Gasteiger charge is -2.42. The van der Waals surface area contributed by atoms with Crippen LogP contribution in [0.3, 0.4) is 0 Å². The number of nitrogens with zero attached hydrogens (tertiary/aromatic N) is 2. The molecule has 0 saturated carbocycles. The van der Waals surface area contributed by atoms with E-state index in [-0.39, 0.29) is 25.0 Å². The number of ether oxygens (including phenoxy) is 4. The fourth-order valence-corrected chi connectivity index (χ4v) is 4.52. The van der Waals surface area contributed by atoms with Crippen LogP contribution < -0.4 is 19.3 Å². The normalized spacial score (nSPS) is 21.8. The quantitative estimate of drug-likeness (QED) is 0.272. The van der Waals surface area contributed by atoms with Crippen LogP contribution in [0.1, 0.15) is 13.8 Å². The average Bonchev–Trinajstić information content (AvgIpc) is 2.94. The zero-order valence-electron chi connectivity index (χ0n) is 21.3. The summed E-state index contributed by atoms with van der Waals surface area (Å²) in [5.74, 6) is -0.232. The number of methoxy groups -OCH3 is 2. The molecule has 10 nitrogen and oxygen atoms in total. The van der Waals surface area contributed by atoms with Crippen LogP contribution in [0.5, 0.6) is 11.5 Å².